The molecule has 0 saturated heterocycles. The Morgan fingerprint density at radius 3 is 2.86 bits per heavy atom. The van der Waals surface area contributed by atoms with E-state index in [0.29, 0.717) is 24.0 Å². The molecule has 1 aromatic heterocycles. The highest BCUT2D eigenvalue weighted by atomic mass is 16.6. The van der Waals surface area contributed by atoms with Crippen LogP contribution in [0.25, 0.3) is 11.5 Å². The van der Waals surface area contributed by atoms with Crippen LogP contribution >= 0.6 is 0 Å². The first kappa shape index (κ1) is 15.0. The third-order valence-electron chi connectivity index (χ3n) is 2.87. The van der Waals surface area contributed by atoms with Gasteiger partial charge in [-0.3, -0.25) is 10.1 Å². The molecule has 2 aromatic rings. The summed E-state index contributed by atoms with van der Waals surface area (Å²) in [7, 11) is 1.38. The second-order valence-electron chi connectivity index (χ2n) is 4.79. The number of oxazole rings is 1. The lowest BCUT2D eigenvalue weighted by Gasteiger charge is -2.06. The predicted octanol–water partition coefficient (Wildman–Crippen LogP) is 2.76. The molecule has 7 nitrogen and oxygen atoms in total. The maximum absolute atomic E-state index is 11.0. The SMILES string of the molecule is COc1c(-c2nc(CNC(C)C)co2)cccc1[N+](=O)[O-]. The van der Waals surface area contributed by atoms with Crippen molar-refractivity contribution < 1.29 is 14.1 Å². The van der Waals surface area contributed by atoms with Crippen LogP contribution in [0.5, 0.6) is 5.75 Å². The second kappa shape index (κ2) is 6.36. The van der Waals surface area contributed by atoms with Gasteiger partial charge in [0.25, 0.3) is 0 Å². The summed E-state index contributed by atoms with van der Waals surface area (Å²) < 4.78 is 10.5. The summed E-state index contributed by atoms with van der Waals surface area (Å²) in [6, 6.07) is 4.97. The van der Waals surface area contributed by atoms with E-state index in [1.54, 1.807) is 12.1 Å². The molecule has 112 valence electrons. The summed E-state index contributed by atoms with van der Waals surface area (Å²) in [6.45, 7) is 4.63. The number of para-hydroxylation sites is 1. The zero-order valence-electron chi connectivity index (χ0n) is 12.1. The summed E-state index contributed by atoms with van der Waals surface area (Å²) in [6.07, 6.45) is 1.53. The van der Waals surface area contributed by atoms with Gasteiger partial charge in [0.1, 0.15) is 6.26 Å². The smallest absolute Gasteiger partial charge is 0.311 e. The van der Waals surface area contributed by atoms with Crippen LogP contribution in [0.15, 0.2) is 28.9 Å². The molecular weight excluding hydrogens is 274 g/mol. The molecule has 0 saturated carbocycles. The predicted molar refractivity (Wildman–Crippen MR) is 77.1 cm³/mol. The van der Waals surface area contributed by atoms with Crippen LogP contribution < -0.4 is 10.1 Å². The summed E-state index contributed by atoms with van der Waals surface area (Å²) in [4.78, 5) is 14.8. The zero-order chi connectivity index (χ0) is 15.4. The molecule has 7 heteroatoms. The highest BCUT2D eigenvalue weighted by molar-refractivity contribution is 5.70. The fourth-order valence-corrected chi connectivity index (χ4v) is 1.87. The molecule has 0 aliphatic rings. The first-order valence-corrected chi connectivity index (χ1v) is 6.52. The highest BCUT2D eigenvalue weighted by Crippen LogP contribution is 2.37. The van der Waals surface area contributed by atoms with Gasteiger partial charge in [-0.2, -0.15) is 0 Å². The van der Waals surface area contributed by atoms with E-state index in [-0.39, 0.29) is 11.4 Å². The van der Waals surface area contributed by atoms with Crippen molar-refractivity contribution in [1.82, 2.24) is 10.3 Å². The third-order valence-corrected chi connectivity index (χ3v) is 2.87. The van der Waals surface area contributed by atoms with E-state index in [1.165, 1.54) is 19.4 Å². The minimum atomic E-state index is -0.494. The summed E-state index contributed by atoms with van der Waals surface area (Å²) >= 11 is 0. The van der Waals surface area contributed by atoms with E-state index >= 15 is 0 Å². The Labute approximate surface area is 122 Å². The molecule has 0 aliphatic heterocycles. The van der Waals surface area contributed by atoms with Crippen molar-refractivity contribution in [2.24, 2.45) is 0 Å². The minimum Gasteiger partial charge on any atom is -0.490 e. The lowest BCUT2D eigenvalue weighted by Crippen LogP contribution is -2.21. The molecule has 1 N–H and O–H groups in total. The average molecular weight is 291 g/mol. The number of nitro groups is 1. The van der Waals surface area contributed by atoms with E-state index in [0.717, 1.165) is 5.69 Å². The number of nitrogens with one attached hydrogen (secondary N) is 1. The van der Waals surface area contributed by atoms with Crippen molar-refractivity contribution in [2.45, 2.75) is 26.4 Å². The van der Waals surface area contributed by atoms with Gasteiger partial charge in [0.05, 0.1) is 23.3 Å². The number of hydrogen-bond donors (Lipinski definition) is 1. The van der Waals surface area contributed by atoms with Crippen LogP contribution in [0.1, 0.15) is 19.5 Å². The van der Waals surface area contributed by atoms with Crippen molar-refractivity contribution in [2.75, 3.05) is 7.11 Å². The molecule has 1 heterocycles. The highest BCUT2D eigenvalue weighted by Gasteiger charge is 2.22. The first-order valence-electron chi connectivity index (χ1n) is 6.52. The van der Waals surface area contributed by atoms with Gasteiger partial charge in [-0.1, -0.05) is 19.9 Å². The first-order chi connectivity index (χ1) is 10.0. The van der Waals surface area contributed by atoms with Gasteiger partial charge in [0.2, 0.25) is 11.6 Å². The molecule has 0 amide bonds. The monoisotopic (exact) mass is 291 g/mol. The lowest BCUT2D eigenvalue weighted by molar-refractivity contribution is -0.385. The summed E-state index contributed by atoms with van der Waals surface area (Å²) in [5, 5.41) is 14.2. The van der Waals surface area contributed by atoms with Crippen LogP contribution in [-0.2, 0) is 6.54 Å². The third kappa shape index (κ3) is 3.38. The molecule has 0 atom stereocenters. The van der Waals surface area contributed by atoms with Gasteiger partial charge in [-0.25, -0.2) is 4.98 Å². The quantitative estimate of drug-likeness (QED) is 0.650. The van der Waals surface area contributed by atoms with Crippen molar-refractivity contribution >= 4 is 5.69 Å². The normalized spacial score (nSPS) is 10.9. The van der Waals surface area contributed by atoms with Crippen molar-refractivity contribution in [1.29, 1.82) is 0 Å². The summed E-state index contributed by atoms with van der Waals surface area (Å²) in [5.41, 5.74) is 1.07. The zero-order valence-corrected chi connectivity index (χ0v) is 12.1. The van der Waals surface area contributed by atoms with Gasteiger partial charge in [-0.05, 0) is 6.07 Å². The topological polar surface area (TPSA) is 90.4 Å². The Balaban J connectivity index is 2.34. The molecule has 0 aliphatic carbocycles. The number of rotatable bonds is 6. The standard InChI is InChI=1S/C14H17N3O4/c1-9(2)15-7-10-8-21-14(16-10)11-5-4-6-12(17(18)19)13(11)20-3/h4-6,8-9,15H,7H2,1-3H3. The second-order valence-corrected chi connectivity index (χ2v) is 4.79. The maximum atomic E-state index is 11.0. The molecular formula is C14H17N3O4. The molecule has 0 bridgehead atoms. The number of aromatic nitrogens is 1. The Morgan fingerprint density at radius 1 is 1.48 bits per heavy atom. The minimum absolute atomic E-state index is 0.116. The van der Waals surface area contributed by atoms with E-state index in [1.807, 2.05) is 13.8 Å². The fourth-order valence-electron chi connectivity index (χ4n) is 1.87. The van der Waals surface area contributed by atoms with E-state index in [9.17, 15) is 10.1 Å². The number of ether oxygens (including phenoxy) is 1. The van der Waals surface area contributed by atoms with Crippen LogP contribution in [0.2, 0.25) is 0 Å². The van der Waals surface area contributed by atoms with Crippen LogP contribution in [-0.4, -0.2) is 23.1 Å². The molecule has 0 spiro atoms. The van der Waals surface area contributed by atoms with Crippen molar-refractivity contribution in [3.05, 3.63) is 40.3 Å². The molecule has 21 heavy (non-hydrogen) atoms. The molecule has 1 aromatic carbocycles. The number of benzene rings is 1. The number of nitrogens with zero attached hydrogens (tertiary/aromatic N) is 2. The van der Waals surface area contributed by atoms with Gasteiger partial charge in [-0.15, -0.1) is 0 Å². The van der Waals surface area contributed by atoms with Gasteiger partial charge >= 0.3 is 5.69 Å². The Kier molecular flexibility index (Phi) is 4.54. The van der Waals surface area contributed by atoms with E-state index < -0.39 is 4.92 Å². The number of nitro benzene ring substituents is 1. The van der Waals surface area contributed by atoms with Gasteiger partial charge in [0, 0.05) is 18.7 Å². The largest absolute Gasteiger partial charge is 0.490 e. The van der Waals surface area contributed by atoms with Gasteiger partial charge in [0.15, 0.2) is 0 Å². The molecule has 0 unspecified atom stereocenters. The van der Waals surface area contributed by atoms with Gasteiger partial charge < -0.3 is 14.5 Å². The van der Waals surface area contributed by atoms with Crippen LogP contribution in [0, 0.1) is 10.1 Å². The Morgan fingerprint density at radius 2 is 2.24 bits per heavy atom. The maximum Gasteiger partial charge on any atom is 0.311 e. The average Bonchev–Trinajstić information content (AvgIpc) is 2.92. The molecule has 0 radical (unpaired) electrons. The summed E-state index contributed by atoms with van der Waals surface area (Å²) in [5.74, 6) is 0.448. The number of methoxy groups -OCH3 is 1. The Hall–Kier alpha value is -2.41. The molecule has 0 fully saturated rings. The number of hydrogen-bond acceptors (Lipinski definition) is 6. The lowest BCUT2D eigenvalue weighted by atomic mass is 10.1. The van der Waals surface area contributed by atoms with Crippen LogP contribution in [0.3, 0.4) is 0 Å². The van der Waals surface area contributed by atoms with E-state index in [4.69, 9.17) is 9.15 Å². The van der Waals surface area contributed by atoms with Crippen molar-refractivity contribution in [3.63, 3.8) is 0 Å². The van der Waals surface area contributed by atoms with Crippen molar-refractivity contribution in [3.8, 4) is 17.2 Å². The molecule has 2 rings (SSSR count). The van der Waals surface area contributed by atoms with Crippen LogP contribution in [0.4, 0.5) is 5.69 Å². The van der Waals surface area contributed by atoms with E-state index in [2.05, 4.69) is 10.3 Å². The fraction of sp³-hybridized carbons (Fsp3) is 0.357. The Bertz CT molecular complexity index is 637.